The molecule has 0 fully saturated rings. The molecular formula is C13H15N. The van der Waals surface area contributed by atoms with Crippen LogP contribution in [0.15, 0.2) is 42.5 Å². The number of anilines is 1. The molecule has 0 amide bonds. The number of rotatable bonds is 1. The van der Waals surface area contributed by atoms with Crippen LogP contribution in [-0.4, -0.2) is 0 Å². The van der Waals surface area contributed by atoms with Crippen molar-refractivity contribution in [2.24, 2.45) is 0 Å². The number of hydrogen-bond donors (Lipinski definition) is 1. The minimum atomic E-state index is 0.844. The lowest BCUT2D eigenvalue weighted by molar-refractivity contribution is 0.886. The Hall–Kier alpha value is -1.50. The molecule has 0 bridgehead atoms. The summed E-state index contributed by atoms with van der Waals surface area (Å²) in [5, 5.41) is 0. The Bertz CT molecular complexity index is 375. The molecule has 1 aliphatic rings. The lowest BCUT2D eigenvalue weighted by Crippen LogP contribution is -1.88. The van der Waals surface area contributed by atoms with Crippen LogP contribution in [0.3, 0.4) is 0 Å². The Kier molecular flexibility index (Phi) is 2.68. The van der Waals surface area contributed by atoms with E-state index in [-0.39, 0.29) is 0 Å². The molecule has 0 aliphatic heterocycles. The second-order valence-corrected chi connectivity index (χ2v) is 3.64. The molecule has 2 N–H and O–H groups in total. The van der Waals surface area contributed by atoms with Gasteiger partial charge in [0.2, 0.25) is 0 Å². The maximum absolute atomic E-state index is 5.76. The van der Waals surface area contributed by atoms with E-state index >= 15 is 0 Å². The number of nitrogen functional groups attached to an aromatic ring is 1. The topological polar surface area (TPSA) is 26.0 Å². The van der Waals surface area contributed by atoms with Gasteiger partial charge in [0.25, 0.3) is 0 Å². The van der Waals surface area contributed by atoms with Crippen molar-refractivity contribution < 1.29 is 0 Å². The van der Waals surface area contributed by atoms with Gasteiger partial charge in [-0.05, 0) is 42.5 Å². The average molecular weight is 185 g/mol. The summed E-state index contributed by atoms with van der Waals surface area (Å²) in [6, 6.07) is 8.11. The zero-order chi connectivity index (χ0) is 9.80. The molecule has 0 aromatic heterocycles. The zero-order valence-electron chi connectivity index (χ0n) is 8.24. The van der Waals surface area contributed by atoms with E-state index in [1.165, 1.54) is 24.0 Å². The third-order valence-corrected chi connectivity index (χ3v) is 2.51. The smallest absolute Gasteiger partial charge is 0.0320 e. The van der Waals surface area contributed by atoms with Gasteiger partial charge in [-0.15, -0.1) is 0 Å². The van der Waals surface area contributed by atoms with E-state index in [9.17, 15) is 0 Å². The summed E-state index contributed by atoms with van der Waals surface area (Å²) >= 11 is 0. The molecule has 1 nitrogen and oxygen atoms in total. The standard InChI is InChI=1S/C13H15N/c14-13-9-5-8-12(10-13)11-6-3-1-2-4-7-11/h1,3,5-6,8-10H,2,4,7,14H2. The Morgan fingerprint density at radius 1 is 1.21 bits per heavy atom. The third kappa shape index (κ3) is 2.05. The van der Waals surface area contributed by atoms with Crippen LogP contribution >= 0.6 is 0 Å². The summed E-state index contributed by atoms with van der Waals surface area (Å²) < 4.78 is 0. The van der Waals surface area contributed by atoms with Crippen LogP contribution in [0.4, 0.5) is 5.69 Å². The average Bonchev–Trinajstić information content (AvgIpc) is 2.45. The first kappa shape index (κ1) is 9.07. The van der Waals surface area contributed by atoms with Gasteiger partial charge in [0, 0.05) is 5.69 Å². The van der Waals surface area contributed by atoms with Crippen molar-refractivity contribution in [3.8, 4) is 0 Å². The molecule has 0 saturated heterocycles. The van der Waals surface area contributed by atoms with Crippen LogP contribution in [0.5, 0.6) is 0 Å². The predicted octanol–water partition coefficient (Wildman–Crippen LogP) is 3.39. The van der Waals surface area contributed by atoms with Gasteiger partial charge in [-0.3, -0.25) is 0 Å². The number of nitrogens with two attached hydrogens (primary N) is 1. The maximum Gasteiger partial charge on any atom is 0.0320 e. The fourth-order valence-electron chi connectivity index (χ4n) is 1.75. The zero-order valence-corrected chi connectivity index (χ0v) is 8.24. The summed E-state index contributed by atoms with van der Waals surface area (Å²) in [6.07, 6.45) is 10.1. The first-order valence-corrected chi connectivity index (χ1v) is 5.08. The first-order valence-electron chi connectivity index (χ1n) is 5.08. The van der Waals surface area contributed by atoms with Crippen LogP contribution in [0.1, 0.15) is 24.8 Å². The molecule has 0 radical (unpaired) electrons. The van der Waals surface area contributed by atoms with E-state index in [0.717, 1.165) is 12.1 Å². The molecule has 0 saturated carbocycles. The molecule has 1 aliphatic carbocycles. The van der Waals surface area contributed by atoms with Crippen molar-refractivity contribution >= 4 is 11.3 Å². The minimum absolute atomic E-state index is 0.844. The molecule has 1 aromatic carbocycles. The first-order chi connectivity index (χ1) is 6.86. The molecule has 72 valence electrons. The highest BCUT2D eigenvalue weighted by atomic mass is 14.5. The van der Waals surface area contributed by atoms with Crippen LogP contribution in [0.2, 0.25) is 0 Å². The number of benzene rings is 1. The predicted molar refractivity (Wildman–Crippen MR) is 61.8 cm³/mol. The van der Waals surface area contributed by atoms with Gasteiger partial charge in [0.05, 0.1) is 0 Å². The van der Waals surface area contributed by atoms with E-state index < -0.39 is 0 Å². The van der Waals surface area contributed by atoms with Gasteiger partial charge in [-0.2, -0.15) is 0 Å². The van der Waals surface area contributed by atoms with E-state index in [4.69, 9.17) is 5.73 Å². The van der Waals surface area contributed by atoms with Crippen molar-refractivity contribution in [3.05, 3.63) is 48.1 Å². The van der Waals surface area contributed by atoms with E-state index in [1.54, 1.807) is 0 Å². The Morgan fingerprint density at radius 3 is 3.00 bits per heavy atom. The van der Waals surface area contributed by atoms with Crippen LogP contribution < -0.4 is 5.73 Å². The summed E-state index contributed by atoms with van der Waals surface area (Å²) in [4.78, 5) is 0. The molecular weight excluding hydrogens is 170 g/mol. The maximum atomic E-state index is 5.76. The fraction of sp³-hybridized carbons (Fsp3) is 0.231. The Balaban J connectivity index is 2.30. The second kappa shape index (κ2) is 4.14. The van der Waals surface area contributed by atoms with E-state index in [0.29, 0.717) is 0 Å². The lowest BCUT2D eigenvalue weighted by Gasteiger charge is -2.05. The molecule has 0 unspecified atom stereocenters. The normalized spacial score (nSPS) is 16.1. The van der Waals surface area contributed by atoms with Crippen molar-refractivity contribution in [2.75, 3.05) is 5.73 Å². The summed E-state index contributed by atoms with van der Waals surface area (Å²) in [6.45, 7) is 0. The molecule has 1 heteroatoms. The minimum Gasteiger partial charge on any atom is -0.399 e. The van der Waals surface area contributed by atoms with Crippen molar-refractivity contribution in [2.45, 2.75) is 19.3 Å². The number of allylic oxidation sites excluding steroid dienone is 4. The summed E-state index contributed by atoms with van der Waals surface area (Å²) in [5.74, 6) is 0. The highest BCUT2D eigenvalue weighted by Crippen LogP contribution is 2.24. The fourth-order valence-corrected chi connectivity index (χ4v) is 1.75. The van der Waals surface area contributed by atoms with Crippen molar-refractivity contribution in [1.29, 1.82) is 0 Å². The van der Waals surface area contributed by atoms with Gasteiger partial charge in [0.1, 0.15) is 0 Å². The van der Waals surface area contributed by atoms with Gasteiger partial charge in [0.15, 0.2) is 0 Å². The SMILES string of the molecule is Nc1cccc(C2=CC=CCCC2)c1. The molecule has 0 spiro atoms. The van der Waals surface area contributed by atoms with E-state index in [1.807, 2.05) is 18.2 Å². The molecule has 2 rings (SSSR count). The highest BCUT2D eigenvalue weighted by Gasteiger charge is 2.02. The van der Waals surface area contributed by atoms with E-state index in [2.05, 4.69) is 24.3 Å². The summed E-state index contributed by atoms with van der Waals surface area (Å²) in [5.41, 5.74) is 9.26. The van der Waals surface area contributed by atoms with Crippen LogP contribution in [0.25, 0.3) is 5.57 Å². The van der Waals surface area contributed by atoms with Gasteiger partial charge in [-0.1, -0.05) is 30.4 Å². The van der Waals surface area contributed by atoms with Crippen LogP contribution in [-0.2, 0) is 0 Å². The molecule has 14 heavy (non-hydrogen) atoms. The lowest BCUT2D eigenvalue weighted by atomic mass is 10.0. The van der Waals surface area contributed by atoms with Crippen molar-refractivity contribution in [3.63, 3.8) is 0 Å². The highest BCUT2D eigenvalue weighted by molar-refractivity contribution is 5.69. The Labute approximate surface area is 84.9 Å². The van der Waals surface area contributed by atoms with Gasteiger partial charge >= 0.3 is 0 Å². The monoisotopic (exact) mass is 185 g/mol. The molecule has 1 aromatic rings. The van der Waals surface area contributed by atoms with Gasteiger partial charge in [-0.25, -0.2) is 0 Å². The molecule has 0 heterocycles. The second-order valence-electron chi connectivity index (χ2n) is 3.64. The third-order valence-electron chi connectivity index (χ3n) is 2.51. The Morgan fingerprint density at radius 2 is 2.14 bits per heavy atom. The van der Waals surface area contributed by atoms with Crippen molar-refractivity contribution in [1.82, 2.24) is 0 Å². The number of hydrogen-bond acceptors (Lipinski definition) is 1. The largest absolute Gasteiger partial charge is 0.399 e. The van der Waals surface area contributed by atoms with Crippen LogP contribution in [0, 0.1) is 0 Å². The van der Waals surface area contributed by atoms with Gasteiger partial charge < -0.3 is 5.73 Å². The quantitative estimate of drug-likeness (QED) is 0.667. The summed E-state index contributed by atoms with van der Waals surface area (Å²) in [7, 11) is 0. The molecule has 0 atom stereocenters.